The molecule has 1 aliphatic heterocycles. The summed E-state index contributed by atoms with van der Waals surface area (Å²) in [6.45, 7) is 3.13. The molecule has 0 amide bonds. The predicted octanol–water partition coefficient (Wildman–Crippen LogP) is 2.39. The highest BCUT2D eigenvalue weighted by Crippen LogP contribution is 2.31. The number of hydrogen-bond donors (Lipinski definition) is 1. The number of morpholine rings is 1. The van der Waals surface area contributed by atoms with Crippen molar-refractivity contribution in [2.75, 3.05) is 18.1 Å². The van der Waals surface area contributed by atoms with Crippen molar-refractivity contribution in [3.05, 3.63) is 60.0 Å². The van der Waals surface area contributed by atoms with Gasteiger partial charge in [0, 0.05) is 25.0 Å². The molecule has 0 unspecified atom stereocenters. The van der Waals surface area contributed by atoms with Crippen molar-refractivity contribution < 1.29 is 14.6 Å². The van der Waals surface area contributed by atoms with Gasteiger partial charge in [0.25, 0.3) is 0 Å². The number of ether oxygens (including phenoxy) is 1. The van der Waals surface area contributed by atoms with Crippen LogP contribution in [0, 0.1) is 0 Å². The van der Waals surface area contributed by atoms with Crippen LogP contribution in [0.15, 0.2) is 48.8 Å². The molecule has 3 aromatic rings. The lowest BCUT2D eigenvalue weighted by molar-refractivity contribution is 0.0295. The lowest BCUT2D eigenvalue weighted by atomic mass is 10.0. The third-order valence-corrected chi connectivity index (χ3v) is 4.40. The molecule has 128 valence electrons. The Bertz CT molecular complexity index is 909. The molecule has 7 heteroatoms. The van der Waals surface area contributed by atoms with E-state index in [2.05, 4.69) is 14.9 Å². The topological polar surface area (TPSA) is 80.0 Å². The van der Waals surface area contributed by atoms with E-state index in [1.807, 2.05) is 41.7 Å². The highest BCUT2D eigenvalue weighted by molar-refractivity contribution is 5.87. The first-order chi connectivity index (χ1) is 12.1. The maximum Gasteiger partial charge on any atom is 0.354 e. The summed E-state index contributed by atoms with van der Waals surface area (Å²) in [5.41, 5.74) is 1.65. The highest BCUT2D eigenvalue weighted by atomic mass is 16.5. The van der Waals surface area contributed by atoms with E-state index in [1.165, 1.54) is 6.07 Å². The summed E-state index contributed by atoms with van der Waals surface area (Å²) in [5.74, 6) is -0.499. The zero-order valence-corrected chi connectivity index (χ0v) is 13.7. The molecule has 1 N–H and O–H groups in total. The normalized spacial score (nSPS) is 20.8. The number of carboxylic acids is 1. The monoisotopic (exact) mass is 338 g/mol. The van der Waals surface area contributed by atoms with Crippen molar-refractivity contribution in [1.82, 2.24) is 14.4 Å². The summed E-state index contributed by atoms with van der Waals surface area (Å²) in [7, 11) is 0. The standard InChI is InChI=1S/C18H18N4O3/c1-12-10-22(15(11-25-12)13-5-3-2-4-6-13)18-20-14(17(23)24)9-16-19-7-8-21(16)18/h2-9,12,15H,10-11H2,1H3,(H,23,24)/t12-,15+/m1/s1. The second-order valence-corrected chi connectivity index (χ2v) is 6.12. The summed E-state index contributed by atoms with van der Waals surface area (Å²) >= 11 is 0. The molecule has 0 spiro atoms. The van der Waals surface area contributed by atoms with Crippen LogP contribution in [-0.4, -0.2) is 44.7 Å². The van der Waals surface area contributed by atoms with Crippen molar-refractivity contribution >= 4 is 17.6 Å². The quantitative estimate of drug-likeness (QED) is 0.790. The van der Waals surface area contributed by atoms with Gasteiger partial charge in [0.05, 0.1) is 18.8 Å². The van der Waals surface area contributed by atoms with Crippen LogP contribution >= 0.6 is 0 Å². The van der Waals surface area contributed by atoms with Gasteiger partial charge in [-0.25, -0.2) is 14.8 Å². The van der Waals surface area contributed by atoms with Gasteiger partial charge in [-0.15, -0.1) is 0 Å². The molecular weight excluding hydrogens is 320 g/mol. The number of aromatic nitrogens is 3. The Hall–Kier alpha value is -2.93. The number of hydrogen-bond acceptors (Lipinski definition) is 5. The summed E-state index contributed by atoms with van der Waals surface area (Å²) in [5, 5.41) is 9.40. The molecule has 0 bridgehead atoms. The molecule has 4 rings (SSSR count). The minimum Gasteiger partial charge on any atom is -0.477 e. The Balaban J connectivity index is 1.86. The van der Waals surface area contributed by atoms with Crippen molar-refractivity contribution in [2.45, 2.75) is 19.1 Å². The average molecular weight is 338 g/mol. The molecule has 1 aromatic carbocycles. The summed E-state index contributed by atoms with van der Waals surface area (Å²) in [6, 6.07) is 11.5. The fraction of sp³-hybridized carbons (Fsp3) is 0.278. The van der Waals surface area contributed by atoms with Crippen LogP contribution in [0.25, 0.3) is 5.65 Å². The Labute approximate surface area is 144 Å². The predicted molar refractivity (Wildman–Crippen MR) is 91.9 cm³/mol. The van der Waals surface area contributed by atoms with Crippen LogP contribution in [0.5, 0.6) is 0 Å². The highest BCUT2D eigenvalue weighted by Gasteiger charge is 2.31. The Kier molecular flexibility index (Phi) is 3.85. The van der Waals surface area contributed by atoms with Crippen molar-refractivity contribution in [3.63, 3.8) is 0 Å². The van der Waals surface area contributed by atoms with E-state index in [9.17, 15) is 9.90 Å². The number of benzene rings is 1. The Morgan fingerprint density at radius 1 is 1.32 bits per heavy atom. The molecule has 2 atom stereocenters. The Morgan fingerprint density at radius 2 is 2.12 bits per heavy atom. The van der Waals surface area contributed by atoms with Crippen molar-refractivity contribution in [2.24, 2.45) is 0 Å². The first-order valence-corrected chi connectivity index (χ1v) is 8.14. The summed E-state index contributed by atoms with van der Waals surface area (Å²) < 4.78 is 7.68. The Morgan fingerprint density at radius 3 is 2.88 bits per heavy atom. The minimum atomic E-state index is -1.07. The lowest BCUT2D eigenvalue weighted by Crippen LogP contribution is -2.45. The van der Waals surface area contributed by atoms with Gasteiger partial charge in [0.1, 0.15) is 5.65 Å². The number of carbonyl (C=O) groups is 1. The van der Waals surface area contributed by atoms with Crippen LogP contribution < -0.4 is 4.90 Å². The van der Waals surface area contributed by atoms with Gasteiger partial charge >= 0.3 is 5.97 Å². The number of fused-ring (bicyclic) bond motifs is 1. The number of rotatable bonds is 3. The lowest BCUT2D eigenvalue weighted by Gasteiger charge is -2.39. The molecule has 0 aliphatic carbocycles. The first kappa shape index (κ1) is 15.6. The molecule has 0 saturated carbocycles. The van der Waals surface area contributed by atoms with Crippen LogP contribution in [0.2, 0.25) is 0 Å². The van der Waals surface area contributed by atoms with E-state index in [0.29, 0.717) is 24.7 Å². The third kappa shape index (κ3) is 2.83. The minimum absolute atomic E-state index is 0.0142. The van der Waals surface area contributed by atoms with Crippen LogP contribution in [-0.2, 0) is 4.74 Å². The second-order valence-electron chi connectivity index (χ2n) is 6.12. The number of anilines is 1. The van der Waals surface area contributed by atoms with Gasteiger partial charge < -0.3 is 14.7 Å². The third-order valence-electron chi connectivity index (χ3n) is 4.40. The van der Waals surface area contributed by atoms with Gasteiger partial charge in [0.15, 0.2) is 5.69 Å². The van der Waals surface area contributed by atoms with Crippen molar-refractivity contribution in [3.8, 4) is 0 Å². The van der Waals surface area contributed by atoms with E-state index in [0.717, 1.165) is 5.56 Å². The van der Waals surface area contributed by atoms with Crippen molar-refractivity contribution in [1.29, 1.82) is 0 Å². The molecule has 3 heterocycles. The smallest absolute Gasteiger partial charge is 0.354 e. The zero-order chi connectivity index (χ0) is 17.4. The molecule has 1 aliphatic rings. The van der Waals surface area contributed by atoms with Gasteiger partial charge in [-0.1, -0.05) is 30.3 Å². The van der Waals surface area contributed by atoms with E-state index in [4.69, 9.17) is 4.74 Å². The molecule has 1 fully saturated rings. The van der Waals surface area contributed by atoms with Gasteiger partial charge in [-0.05, 0) is 12.5 Å². The van der Waals surface area contributed by atoms with E-state index < -0.39 is 5.97 Å². The van der Waals surface area contributed by atoms with Gasteiger partial charge in [-0.2, -0.15) is 0 Å². The largest absolute Gasteiger partial charge is 0.477 e. The van der Waals surface area contributed by atoms with E-state index in [-0.39, 0.29) is 17.8 Å². The number of imidazole rings is 1. The SMILES string of the molecule is C[C@@H]1CN(c2nc(C(=O)O)cc3nccn23)[C@H](c2ccccc2)CO1. The van der Waals surface area contributed by atoms with Crippen LogP contribution in [0.1, 0.15) is 29.0 Å². The van der Waals surface area contributed by atoms with E-state index >= 15 is 0 Å². The summed E-state index contributed by atoms with van der Waals surface area (Å²) in [6.07, 6.45) is 3.47. The van der Waals surface area contributed by atoms with Gasteiger partial charge in [0.2, 0.25) is 5.95 Å². The maximum absolute atomic E-state index is 11.5. The fourth-order valence-corrected chi connectivity index (χ4v) is 3.19. The molecule has 2 aromatic heterocycles. The van der Waals surface area contributed by atoms with Crippen LogP contribution in [0.4, 0.5) is 5.95 Å². The molecule has 7 nitrogen and oxygen atoms in total. The number of nitrogens with zero attached hydrogens (tertiary/aromatic N) is 4. The maximum atomic E-state index is 11.5. The second kappa shape index (κ2) is 6.18. The molecule has 25 heavy (non-hydrogen) atoms. The fourth-order valence-electron chi connectivity index (χ4n) is 3.19. The summed E-state index contributed by atoms with van der Waals surface area (Å²) in [4.78, 5) is 22.2. The molecule has 0 radical (unpaired) electrons. The average Bonchev–Trinajstić information content (AvgIpc) is 3.10. The first-order valence-electron chi connectivity index (χ1n) is 8.14. The molecular formula is C18H18N4O3. The van der Waals surface area contributed by atoms with Gasteiger partial charge in [-0.3, -0.25) is 4.40 Å². The number of carboxylic acid groups (broad SMARTS) is 1. The zero-order valence-electron chi connectivity index (χ0n) is 13.7. The van der Waals surface area contributed by atoms with E-state index in [1.54, 1.807) is 12.4 Å². The number of aromatic carboxylic acids is 1. The molecule has 1 saturated heterocycles. The van der Waals surface area contributed by atoms with Crippen LogP contribution in [0.3, 0.4) is 0 Å².